The quantitative estimate of drug-likeness (QED) is 0.726. The molecule has 0 amide bonds. The Bertz CT molecular complexity index is 737. The first-order valence-corrected chi connectivity index (χ1v) is 7.62. The van der Waals surface area contributed by atoms with Gasteiger partial charge >= 0.3 is 7.82 Å². The molecule has 1 N–H and O–H groups in total. The van der Waals surface area contributed by atoms with Crippen molar-refractivity contribution in [1.29, 1.82) is 0 Å². The number of rotatable bonds is 6. The van der Waals surface area contributed by atoms with Gasteiger partial charge in [-0.05, 0) is 24.3 Å². The number of hydrogen-bond acceptors (Lipinski definition) is 7. The minimum Gasteiger partial charge on any atom is -0.545 e. The highest BCUT2D eigenvalue weighted by molar-refractivity contribution is 7.48. The molecule has 0 spiro atoms. The lowest BCUT2D eigenvalue weighted by atomic mass is 10.2. The summed E-state index contributed by atoms with van der Waals surface area (Å²) in [6.45, 7) is 0. The Balaban J connectivity index is 2.29. The number of hydrogen-bond donors (Lipinski definition) is 1. The lowest BCUT2D eigenvalue weighted by Crippen LogP contribution is -2.23. The third kappa shape index (κ3) is 4.09. The maximum atomic E-state index is 12.0. The highest BCUT2D eigenvalue weighted by atomic mass is 31.2. The van der Waals surface area contributed by atoms with Crippen LogP contribution in [0.15, 0.2) is 48.5 Å². The molecule has 0 saturated carbocycles. The molecular formula is C14H9O8P-2. The second kappa shape index (κ2) is 6.51. The summed E-state index contributed by atoms with van der Waals surface area (Å²) < 4.78 is 21.4. The standard InChI is InChI=1S/C14H11O8P/c15-13(16)9-5-1-3-7-11(9)21-23(19,20)22-12-8-4-2-6-10(12)14(17)18/h1-8H,(H,15,16)(H,17,18)(H,19,20)/p-2. The number of para-hydroxylation sites is 2. The van der Waals surface area contributed by atoms with Gasteiger partial charge in [0.05, 0.1) is 11.9 Å². The molecule has 0 bridgehead atoms. The molecule has 0 saturated heterocycles. The topological polar surface area (TPSA) is 136 Å². The molecule has 2 rings (SSSR count). The number of phosphoric acid groups is 1. The highest BCUT2D eigenvalue weighted by Gasteiger charge is 2.27. The number of benzene rings is 2. The molecule has 0 atom stereocenters. The second-order valence-corrected chi connectivity index (χ2v) is 5.52. The molecule has 9 heteroatoms. The predicted octanol–water partition coefficient (Wildman–Crippen LogP) is -0.0282. The van der Waals surface area contributed by atoms with Crippen LogP contribution in [0.3, 0.4) is 0 Å². The third-order valence-electron chi connectivity index (χ3n) is 2.64. The van der Waals surface area contributed by atoms with Gasteiger partial charge in [0.2, 0.25) is 0 Å². The molecule has 23 heavy (non-hydrogen) atoms. The maximum absolute atomic E-state index is 12.0. The summed E-state index contributed by atoms with van der Waals surface area (Å²) in [5.74, 6) is -4.14. The van der Waals surface area contributed by atoms with E-state index < -0.39 is 42.4 Å². The summed E-state index contributed by atoms with van der Waals surface area (Å²) in [4.78, 5) is 31.6. The Kier molecular flexibility index (Phi) is 4.68. The molecule has 0 aromatic heterocycles. The fraction of sp³-hybridized carbons (Fsp3) is 0. The minimum atomic E-state index is -4.85. The van der Waals surface area contributed by atoms with E-state index in [1.54, 1.807) is 0 Å². The van der Waals surface area contributed by atoms with Gasteiger partial charge in [-0.25, -0.2) is 4.57 Å². The van der Waals surface area contributed by atoms with Gasteiger partial charge in [-0.3, -0.25) is 4.89 Å². The van der Waals surface area contributed by atoms with Gasteiger partial charge in [0, 0.05) is 11.1 Å². The summed E-state index contributed by atoms with van der Waals surface area (Å²) in [5, 5.41) is 21.8. The average Bonchev–Trinajstić information content (AvgIpc) is 2.47. The highest BCUT2D eigenvalue weighted by Crippen LogP contribution is 2.45. The van der Waals surface area contributed by atoms with E-state index in [2.05, 4.69) is 9.05 Å². The summed E-state index contributed by atoms with van der Waals surface area (Å²) in [7, 11) is -4.85. The summed E-state index contributed by atoms with van der Waals surface area (Å²) in [5.41, 5.74) is -0.919. The van der Waals surface area contributed by atoms with Crippen LogP contribution in [0.4, 0.5) is 0 Å². The zero-order valence-corrected chi connectivity index (χ0v) is 12.3. The van der Waals surface area contributed by atoms with Crippen LogP contribution < -0.4 is 19.3 Å². The van der Waals surface area contributed by atoms with Crippen molar-refractivity contribution in [1.82, 2.24) is 0 Å². The van der Waals surface area contributed by atoms with Gasteiger partial charge in [-0.15, -0.1) is 0 Å². The molecule has 0 heterocycles. The number of phosphoric ester groups is 1. The van der Waals surface area contributed by atoms with Crippen molar-refractivity contribution >= 4 is 19.8 Å². The van der Waals surface area contributed by atoms with E-state index in [1.165, 1.54) is 24.3 Å². The Morgan fingerprint density at radius 2 is 1.17 bits per heavy atom. The van der Waals surface area contributed by atoms with Crippen molar-refractivity contribution in [2.75, 3.05) is 0 Å². The molecule has 0 aliphatic rings. The van der Waals surface area contributed by atoms with Crippen molar-refractivity contribution in [3.63, 3.8) is 0 Å². The fourth-order valence-electron chi connectivity index (χ4n) is 1.70. The molecule has 2 aromatic rings. The number of carboxylic acid groups (broad SMARTS) is 2. The SMILES string of the molecule is O=C([O-])c1ccccc1OP(=O)(O)Oc1ccccc1C(=O)[O-]. The number of carbonyl (C=O) groups is 2. The lowest BCUT2D eigenvalue weighted by Gasteiger charge is -2.18. The van der Waals surface area contributed by atoms with E-state index in [0.29, 0.717) is 0 Å². The van der Waals surface area contributed by atoms with Crippen LogP contribution in [0, 0.1) is 0 Å². The Labute approximate surface area is 130 Å². The second-order valence-electron chi connectivity index (χ2n) is 4.22. The van der Waals surface area contributed by atoms with Crippen LogP contribution in [0.5, 0.6) is 11.5 Å². The van der Waals surface area contributed by atoms with Crippen LogP contribution in [-0.2, 0) is 4.57 Å². The van der Waals surface area contributed by atoms with Gasteiger partial charge in [0.15, 0.2) is 0 Å². The predicted molar refractivity (Wildman–Crippen MR) is 72.6 cm³/mol. The molecule has 0 unspecified atom stereocenters. The van der Waals surface area contributed by atoms with Crippen LogP contribution in [0.25, 0.3) is 0 Å². The molecule has 0 radical (unpaired) electrons. The number of carboxylic acids is 2. The smallest absolute Gasteiger partial charge is 0.545 e. The fourth-order valence-corrected chi connectivity index (χ4v) is 2.55. The van der Waals surface area contributed by atoms with Crippen LogP contribution in [0.1, 0.15) is 20.7 Å². The van der Waals surface area contributed by atoms with Gasteiger partial charge in [0.1, 0.15) is 11.5 Å². The third-order valence-corrected chi connectivity index (χ3v) is 3.50. The first-order chi connectivity index (χ1) is 10.8. The molecule has 0 aliphatic heterocycles. The molecule has 8 nitrogen and oxygen atoms in total. The van der Waals surface area contributed by atoms with Crippen LogP contribution in [-0.4, -0.2) is 16.8 Å². The average molecular weight is 336 g/mol. The van der Waals surface area contributed by atoms with Crippen molar-refractivity contribution in [3.8, 4) is 11.5 Å². The molecular weight excluding hydrogens is 327 g/mol. The van der Waals surface area contributed by atoms with Gasteiger partial charge in [0.25, 0.3) is 0 Å². The van der Waals surface area contributed by atoms with Crippen molar-refractivity contribution < 1.29 is 38.3 Å². The Morgan fingerprint density at radius 3 is 1.52 bits per heavy atom. The largest absolute Gasteiger partial charge is 0.584 e. The summed E-state index contributed by atoms with van der Waals surface area (Å²) in [6.07, 6.45) is 0. The Hall–Kier alpha value is -2.83. The van der Waals surface area contributed by atoms with E-state index in [-0.39, 0.29) is 0 Å². The summed E-state index contributed by atoms with van der Waals surface area (Å²) >= 11 is 0. The van der Waals surface area contributed by atoms with E-state index >= 15 is 0 Å². The number of carbonyl (C=O) groups excluding carboxylic acids is 2. The van der Waals surface area contributed by atoms with E-state index in [9.17, 15) is 29.3 Å². The molecule has 0 fully saturated rings. The van der Waals surface area contributed by atoms with Crippen molar-refractivity contribution in [3.05, 3.63) is 59.7 Å². The lowest BCUT2D eigenvalue weighted by molar-refractivity contribution is -0.256. The monoisotopic (exact) mass is 336 g/mol. The van der Waals surface area contributed by atoms with Gasteiger partial charge < -0.3 is 28.8 Å². The maximum Gasteiger partial charge on any atom is 0.584 e. The van der Waals surface area contributed by atoms with Gasteiger partial charge in [-0.1, -0.05) is 24.3 Å². The first kappa shape index (κ1) is 16.5. The Morgan fingerprint density at radius 1 is 0.826 bits per heavy atom. The zero-order valence-electron chi connectivity index (χ0n) is 11.4. The molecule has 0 aliphatic carbocycles. The van der Waals surface area contributed by atoms with Crippen LogP contribution >= 0.6 is 7.82 Å². The molecule has 120 valence electrons. The van der Waals surface area contributed by atoms with Crippen LogP contribution in [0.2, 0.25) is 0 Å². The van der Waals surface area contributed by atoms with E-state index in [0.717, 1.165) is 24.3 Å². The molecule has 2 aromatic carbocycles. The van der Waals surface area contributed by atoms with Gasteiger partial charge in [-0.2, -0.15) is 0 Å². The van der Waals surface area contributed by atoms with Crippen molar-refractivity contribution in [2.24, 2.45) is 0 Å². The normalized spacial score (nSPS) is 10.8. The van der Waals surface area contributed by atoms with Crippen molar-refractivity contribution in [2.45, 2.75) is 0 Å². The van der Waals surface area contributed by atoms with E-state index in [4.69, 9.17) is 0 Å². The minimum absolute atomic E-state index is 0.454. The first-order valence-electron chi connectivity index (χ1n) is 6.13. The zero-order chi connectivity index (χ0) is 17.0. The van der Waals surface area contributed by atoms with E-state index in [1.807, 2.05) is 0 Å². The summed E-state index contributed by atoms with van der Waals surface area (Å²) in [6, 6.07) is 9.95. The number of aromatic carboxylic acids is 2.